The number of nitrogens with zero attached hydrogens (tertiary/aromatic N) is 1. The first-order valence-corrected chi connectivity index (χ1v) is 9.07. The normalized spacial score (nSPS) is 17.1. The molecule has 24 heavy (non-hydrogen) atoms. The first-order chi connectivity index (χ1) is 11.8. The highest BCUT2D eigenvalue weighted by Crippen LogP contribution is 2.29. The molecule has 5 nitrogen and oxygen atoms in total. The number of allylic oxidation sites excluding steroid dienone is 1. The molecule has 5 heteroatoms. The van der Waals surface area contributed by atoms with E-state index in [4.69, 9.17) is 4.74 Å². The number of ether oxygens (including phenoxy) is 1. The lowest BCUT2D eigenvalue weighted by atomic mass is 9.97. The summed E-state index contributed by atoms with van der Waals surface area (Å²) < 4.78 is 5.61. The molecule has 0 atom stereocenters. The predicted molar refractivity (Wildman–Crippen MR) is 93.9 cm³/mol. The number of nitrogens with one attached hydrogen (secondary N) is 2. The highest BCUT2D eigenvalue weighted by atomic mass is 16.5. The average molecular weight is 329 g/mol. The van der Waals surface area contributed by atoms with Gasteiger partial charge >= 0.3 is 6.03 Å². The Kier molecular flexibility index (Phi) is 6.10. The summed E-state index contributed by atoms with van der Waals surface area (Å²) in [6, 6.07) is 3.69. The second-order valence-electron chi connectivity index (χ2n) is 6.73. The van der Waals surface area contributed by atoms with Gasteiger partial charge in [-0.15, -0.1) is 0 Å². The minimum Gasteiger partial charge on any atom is -0.477 e. The fourth-order valence-corrected chi connectivity index (χ4v) is 2.80. The molecule has 0 aromatic carbocycles. The summed E-state index contributed by atoms with van der Waals surface area (Å²) in [6.45, 7) is 1.94. The largest absolute Gasteiger partial charge is 0.477 e. The molecule has 2 N–H and O–H groups in total. The van der Waals surface area contributed by atoms with Crippen molar-refractivity contribution in [2.24, 2.45) is 5.92 Å². The number of pyridine rings is 1. The third-order valence-corrected chi connectivity index (χ3v) is 4.53. The molecule has 1 saturated carbocycles. The first-order valence-electron chi connectivity index (χ1n) is 9.07. The van der Waals surface area contributed by atoms with Crippen LogP contribution in [0.25, 0.3) is 0 Å². The summed E-state index contributed by atoms with van der Waals surface area (Å²) in [4.78, 5) is 16.1. The lowest BCUT2D eigenvalue weighted by Crippen LogP contribution is -2.35. The lowest BCUT2D eigenvalue weighted by Gasteiger charge is -2.13. The van der Waals surface area contributed by atoms with Gasteiger partial charge in [0.2, 0.25) is 5.88 Å². The van der Waals surface area contributed by atoms with Crippen molar-refractivity contribution >= 4 is 6.03 Å². The van der Waals surface area contributed by atoms with Crippen molar-refractivity contribution in [3.8, 4) is 5.88 Å². The van der Waals surface area contributed by atoms with E-state index in [0.29, 0.717) is 19.0 Å². The van der Waals surface area contributed by atoms with E-state index in [1.54, 1.807) is 6.20 Å². The first kappa shape index (κ1) is 16.8. The van der Waals surface area contributed by atoms with Gasteiger partial charge < -0.3 is 15.4 Å². The molecule has 2 aliphatic rings. The number of hydrogen-bond donors (Lipinski definition) is 2. The smallest absolute Gasteiger partial charge is 0.315 e. The van der Waals surface area contributed by atoms with Crippen molar-refractivity contribution in [2.45, 2.75) is 51.5 Å². The Morgan fingerprint density at radius 1 is 1.25 bits per heavy atom. The molecule has 2 aliphatic carbocycles. The standard InChI is InChI=1S/C19H27N3O2/c23-19(20-11-10-15-4-2-1-3-5-15)22-13-17-8-9-18(21-12-17)24-14-16-6-7-16/h4,8-9,12,16H,1-3,5-7,10-11,13-14H2,(H2,20,22,23). The number of carbonyl (C=O) groups is 1. The van der Waals surface area contributed by atoms with Crippen LogP contribution in [0.1, 0.15) is 50.5 Å². The zero-order chi connectivity index (χ0) is 16.6. The second kappa shape index (κ2) is 8.71. The van der Waals surface area contributed by atoms with E-state index in [-0.39, 0.29) is 6.03 Å². The number of aromatic nitrogens is 1. The summed E-state index contributed by atoms with van der Waals surface area (Å²) in [5.74, 6) is 1.39. The highest BCUT2D eigenvalue weighted by molar-refractivity contribution is 5.73. The number of amides is 2. The monoisotopic (exact) mass is 329 g/mol. The quantitative estimate of drug-likeness (QED) is 0.717. The molecule has 0 radical (unpaired) electrons. The van der Waals surface area contributed by atoms with Crippen molar-refractivity contribution in [1.82, 2.24) is 15.6 Å². The SMILES string of the molecule is O=C(NCCC1=CCCCC1)NCc1ccc(OCC2CC2)nc1. The van der Waals surface area contributed by atoms with E-state index in [2.05, 4.69) is 21.7 Å². The predicted octanol–water partition coefficient (Wildman–Crippen LogP) is 3.56. The molecule has 1 aromatic rings. The fourth-order valence-electron chi connectivity index (χ4n) is 2.80. The minimum absolute atomic E-state index is 0.125. The Bertz CT molecular complexity index is 564. The molecular formula is C19H27N3O2. The molecule has 1 aromatic heterocycles. The van der Waals surface area contributed by atoms with Gasteiger partial charge in [0, 0.05) is 25.4 Å². The van der Waals surface area contributed by atoms with Crippen LogP contribution in [0, 0.1) is 5.92 Å². The van der Waals surface area contributed by atoms with Crippen LogP contribution >= 0.6 is 0 Å². The molecule has 0 aliphatic heterocycles. The maximum Gasteiger partial charge on any atom is 0.315 e. The summed E-state index contributed by atoms with van der Waals surface area (Å²) in [6.07, 6.45) is 12.5. The van der Waals surface area contributed by atoms with Gasteiger partial charge in [-0.2, -0.15) is 0 Å². The van der Waals surface area contributed by atoms with Gasteiger partial charge in [-0.05, 0) is 56.4 Å². The highest BCUT2D eigenvalue weighted by Gasteiger charge is 2.22. The Hall–Kier alpha value is -2.04. The number of rotatable bonds is 8. The van der Waals surface area contributed by atoms with Crippen molar-refractivity contribution in [2.75, 3.05) is 13.2 Å². The fraction of sp³-hybridized carbons (Fsp3) is 0.579. The van der Waals surface area contributed by atoms with Crippen LogP contribution < -0.4 is 15.4 Å². The Balaban J connectivity index is 1.30. The summed E-state index contributed by atoms with van der Waals surface area (Å²) >= 11 is 0. The van der Waals surface area contributed by atoms with Crippen LogP contribution in [0.3, 0.4) is 0 Å². The van der Waals surface area contributed by atoms with Gasteiger partial charge in [0.15, 0.2) is 0 Å². The van der Waals surface area contributed by atoms with Crippen molar-refractivity contribution < 1.29 is 9.53 Å². The second-order valence-corrected chi connectivity index (χ2v) is 6.73. The number of urea groups is 1. The molecule has 0 spiro atoms. The zero-order valence-electron chi connectivity index (χ0n) is 14.2. The Labute approximate surface area is 143 Å². The lowest BCUT2D eigenvalue weighted by molar-refractivity contribution is 0.240. The van der Waals surface area contributed by atoms with Gasteiger partial charge in [-0.25, -0.2) is 9.78 Å². The van der Waals surface area contributed by atoms with Crippen LogP contribution in [-0.4, -0.2) is 24.2 Å². The summed E-state index contributed by atoms with van der Waals surface area (Å²) in [5, 5.41) is 5.78. The van der Waals surface area contributed by atoms with E-state index in [0.717, 1.165) is 24.5 Å². The van der Waals surface area contributed by atoms with Crippen molar-refractivity contribution in [1.29, 1.82) is 0 Å². The van der Waals surface area contributed by atoms with E-state index >= 15 is 0 Å². The van der Waals surface area contributed by atoms with Gasteiger partial charge in [0.25, 0.3) is 0 Å². The molecule has 0 unspecified atom stereocenters. The van der Waals surface area contributed by atoms with Gasteiger partial charge in [0.05, 0.1) is 6.61 Å². The van der Waals surface area contributed by atoms with Crippen molar-refractivity contribution in [3.63, 3.8) is 0 Å². The summed E-state index contributed by atoms with van der Waals surface area (Å²) in [5.41, 5.74) is 2.45. The molecular weight excluding hydrogens is 302 g/mol. The maximum absolute atomic E-state index is 11.8. The third kappa shape index (κ3) is 5.87. The molecule has 2 amide bonds. The average Bonchev–Trinajstić information content (AvgIpc) is 3.44. The topological polar surface area (TPSA) is 63.2 Å². The Morgan fingerprint density at radius 2 is 2.17 bits per heavy atom. The molecule has 3 rings (SSSR count). The van der Waals surface area contributed by atoms with Crippen LogP contribution in [-0.2, 0) is 6.54 Å². The number of carbonyl (C=O) groups excluding carboxylic acids is 1. The minimum atomic E-state index is -0.125. The molecule has 0 saturated heterocycles. The van der Waals surface area contributed by atoms with Crippen LogP contribution in [0.15, 0.2) is 30.0 Å². The van der Waals surface area contributed by atoms with Crippen LogP contribution in [0.2, 0.25) is 0 Å². The van der Waals surface area contributed by atoms with E-state index in [9.17, 15) is 4.79 Å². The van der Waals surface area contributed by atoms with E-state index in [1.165, 1.54) is 44.1 Å². The molecule has 1 heterocycles. The van der Waals surface area contributed by atoms with Crippen LogP contribution in [0.5, 0.6) is 5.88 Å². The Morgan fingerprint density at radius 3 is 2.88 bits per heavy atom. The molecule has 0 bridgehead atoms. The van der Waals surface area contributed by atoms with E-state index in [1.807, 2.05) is 12.1 Å². The zero-order valence-corrected chi connectivity index (χ0v) is 14.2. The molecule has 130 valence electrons. The third-order valence-electron chi connectivity index (χ3n) is 4.53. The van der Waals surface area contributed by atoms with Crippen molar-refractivity contribution in [3.05, 3.63) is 35.5 Å². The molecule has 1 fully saturated rings. The van der Waals surface area contributed by atoms with Gasteiger partial charge in [-0.1, -0.05) is 17.7 Å². The van der Waals surface area contributed by atoms with Gasteiger partial charge in [-0.3, -0.25) is 0 Å². The maximum atomic E-state index is 11.8. The summed E-state index contributed by atoms with van der Waals surface area (Å²) in [7, 11) is 0. The number of hydrogen-bond acceptors (Lipinski definition) is 3. The van der Waals surface area contributed by atoms with E-state index < -0.39 is 0 Å². The van der Waals surface area contributed by atoms with Gasteiger partial charge in [0.1, 0.15) is 0 Å². The van der Waals surface area contributed by atoms with Crippen LogP contribution in [0.4, 0.5) is 4.79 Å².